The molecule has 1 heterocycles. The molecule has 0 aromatic carbocycles. The second-order valence-corrected chi connectivity index (χ2v) is 4.09. The van der Waals surface area contributed by atoms with Gasteiger partial charge in [0.1, 0.15) is 0 Å². The molecule has 13 heavy (non-hydrogen) atoms. The SMILES string of the molecule is CC1CCC(N)N(C[C@@H](O)CN)C1. The lowest BCUT2D eigenvalue weighted by atomic mass is 9.98. The van der Waals surface area contributed by atoms with Gasteiger partial charge in [-0.15, -0.1) is 0 Å². The summed E-state index contributed by atoms with van der Waals surface area (Å²) in [5.74, 6) is 0.685. The average molecular weight is 187 g/mol. The van der Waals surface area contributed by atoms with Crippen molar-refractivity contribution >= 4 is 0 Å². The number of aliphatic hydroxyl groups excluding tert-OH is 1. The van der Waals surface area contributed by atoms with E-state index < -0.39 is 6.10 Å². The van der Waals surface area contributed by atoms with Gasteiger partial charge < -0.3 is 16.6 Å². The zero-order chi connectivity index (χ0) is 9.84. The first-order valence-corrected chi connectivity index (χ1v) is 5.01. The Labute approximate surface area is 79.9 Å². The number of aliphatic hydroxyl groups is 1. The minimum absolute atomic E-state index is 0.109. The number of piperidine rings is 1. The lowest BCUT2D eigenvalue weighted by Gasteiger charge is -2.37. The van der Waals surface area contributed by atoms with Gasteiger partial charge in [-0.1, -0.05) is 6.92 Å². The normalized spacial score (nSPS) is 33.2. The van der Waals surface area contributed by atoms with Gasteiger partial charge >= 0.3 is 0 Å². The van der Waals surface area contributed by atoms with Crippen molar-refractivity contribution in [3.63, 3.8) is 0 Å². The molecule has 0 radical (unpaired) electrons. The Kier molecular flexibility index (Phi) is 4.12. The summed E-state index contributed by atoms with van der Waals surface area (Å²) in [5, 5.41) is 9.39. The Hall–Kier alpha value is -0.160. The van der Waals surface area contributed by atoms with Crippen LogP contribution in [0.3, 0.4) is 0 Å². The van der Waals surface area contributed by atoms with Crippen LogP contribution in [0.5, 0.6) is 0 Å². The van der Waals surface area contributed by atoms with Crippen LogP contribution in [0.25, 0.3) is 0 Å². The molecule has 0 aromatic heterocycles. The van der Waals surface area contributed by atoms with Gasteiger partial charge in [-0.2, -0.15) is 0 Å². The first kappa shape index (κ1) is 10.9. The van der Waals surface area contributed by atoms with Gasteiger partial charge in [0, 0.05) is 19.6 Å². The average Bonchev–Trinajstić information content (AvgIpc) is 2.11. The Bertz CT molecular complexity index is 154. The van der Waals surface area contributed by atoms with Gasteiger partial charge in [0.25, 0.3) is 0 Å². The molecule has 4 nitrogen and oxygen atoms in total. The summed E-state index contributed by atoms with van der Waals surface area (Å²) in [5.41, 5.74) is 11.3. The van der Waals surface area contributed by atoms with Crippen LogP contribution in [0.15, 0.2) is 0 Å². The predicted octanol–water partition coefficient (Wildman–Crippen LogP) is -0.677. The van der Waals surface area contributed by atoms with Gasteiger partial charge in [-0.25, -0.2) is 0 Å². The topological polar surface area (TPSA) is 75.5 Å². The zero-order valence-electron chi connectivity index (χ0n) is 8.32. The zero-order valence-corrected chi connectivity index (χ0v) is 8.32. The van der Waals surface area contributed by atoms with Crippen molar-refractivity contribution in [2.75, 3.05) is 19.6 Å². The number of rotatable bonds is 3. The summed E-state index contributed by atoms with van der Waals surface area (Å²) in [4.78, 5) is 2.13. The summed E-state index contributed by atoms with van der Waals surface area (Å²) >= 11 is 0. The Morgan fingerprint density at radius 1 is 1.54 bits per heavy atom. The molecule has 0 bridgehead atoms. The quantitative estimate of drug-likeness (QED) is 0.547. The molecule has 0 spiro atoms. The molecule has 4 heteroatoms. The van der Waals surface area contributed by atoms with Gasteiger partial charge in [0.2, 0.25) is 0 Å². The molecule has 1 fully saturated rings. The molecule has 1 rings (SSSR count). The predicted molar refractivity (Wildman–Crippen MR) is 53.0 cm³/mol. The first-order valence-electron chi connectivity index (χ1n) is 5.01. The minimum Gasteiger partial charge on any atom is -0.390 e. The molecule has 1 aliphatic rings. The molecule has 2 unspecified atom stereocenters. The Morgan fingerprint density at radius 3 is 2.85 bits per heavy atom. The summed E-state index contributed by atoms with van der Waals surface area (Å²) in [6.07, 6.45) is 1.89. The molecule has 3 atom stereocenters. The smallest absolute Gasteiger partial charge is 0.0789 e. The number of hydrogen-bond acceptors (Lipinski definition) is 4. The summed E-state index contributed by atoms with van der Waals surface area (Å²) < 4.78 is 0. The van der Waals surface area contributed by atoms with Gasteiger partial charge in [-0.3, -0.25) is 4.90 Å². The summed E-state index contributed by atoms with van der Waals surface area (Å²) in [7, 11) is 0. The second kappa shape index (κ2) is 4.91. The van der Waals surface area contributed by atoms with Crippen LogP contribution < -0.4 is 11.5 Å². The van der Waals surface area contributed by atoms with E-state index in [-0.39, 0.29) is 6.17 Å². The van der Waals surface area contributed by atoms with Crippen molar-refractivity contribution in [2.45, 2.75) is 32.0 Å². The number of likely N-dealkylation sites (tertiary alicyclic amines) is 1. The molecule has 5 N–H and O–H groups in total. The van der Waals surface area contributed by atoms with Crippen molar-refractivity contribution in [1.29, 1.82) is 0 Å². The molecule has 0 aliphatic carbocycles. The van der Waals surface area contributed by atoms with E-state index in [1.807, 2.05) is 0 Å². The van der Waals surface area contributed by atoms with E-state index in [9.17, 15) is 5.11 Å². The third kappa shape index (κ3) is 3.23. The second-order valence-electron chi connectivity index (χ2n) is 4.09. The van der Waals surface area contributed by atoms with E-state index in [0.29, 0.717) is 19.0 Å². The van der Waals surface area contributed by atoms with E-state index >= 15 is 0 Å². The van der Waals surface area contributed by atoms with E-state index in [4.69, 9.17) is 11.5 Å². The Morgan fingerprint density at radius 2 is 2.23 bits per heavy atom. The number of hydrogen-bond donors (Lipinski definition) is 3. The molecule has 1 aliphatic heterocycles. The van der Waals surface area contributed by atoms with Gasteiger partial charge in [-0.05, 0) is 18.8 Å². The molecular weight excluding hydrogens is 166 g/mol. The molecule has 0 amide bonds. The van der Waals surface area contributed by atoms with E-state index in [1.165, 1.54) is 6.42 Å². The monoisotopic (exact) mass is 187 g/mol. The molecule has 0 aromatic rings. The van der Waals surface area contributed by atoms with Gasteiger partial charge in [0.05, 0.1) is 12.3 Å². The van der Waals surface area contributed by atoms with E-state index in [2.05, 4.69) is 11.8 Å². The standard InChI is InChI=1S/C9H21N3O/c1-7-2-3-9(11)12(5-7)6-8(13)4-10/h7-9,13H,2-6,10-11H2,1H3/t7?,8-,9?/m0/s1. The van der Waals surface area contributed by atoms with Crippen molar-refractivity contribution in [3.8, 4) is 0 Å². The highest BCUT2D eigenvalue weighted by molar-refractivity contribution is 4.78. The minimum atomic E-state index is -0.434. The van der Waals surface area contributed by atoms with E-state index in [1.54, 1.807) is 0 Å². The maximum Gasteiger partial charge on any atom is 0.0789 e. The number of β-amino-alcohol motifs (C(OH)–C–C–N with tert-alkyl or cyclic N) is 1. The van der Waals surface area contributed by atoms with Crippen LogP contribution in [-0.2, 0) is 0 Å². The number of nitrogens with zero attached hydrogens (tertiary/aromatic N) is 1. The largest absolute Gasteiger partial charge is 0.390 e. The van der Waals surface area contributed by atoms with Crippen molar-refractivity contribution in [2.24, 2.45) is 17.4 Å². The van der Waals surface area contributed by atoms with Crippen LogP contribution in [0.1, 0.15) is 19.8 Å². The van der Waals surface area contributed by atoms with Crippen LogP contribution in [0.2, 0.25) is 0 Å². The maximum atomic E-state index is 9.39. The van der Waals surface area contributed by atoms with Crippen LogP contribution >= 0.6 is 0 Å². The van der Waals surface area contributed by atoms with Crippen molar-refractivity contribution in [1.82, 2.24) is 4.90 Å². The third-order valence-electron chi connectivity index (χ3n) is 2.69. The van der Waals surface area contributed by atoms with Gasteiger partial charge in [0.15, 0.2) is 0 Å². The fraction of sp³-hybridized carbons (Fsp3) is 1.00. The first-order chi connectivity index (χ1) is 6.13. The fourth-order valence-electron chi connectivity index (χ4n) is 1.82. The highest BCUT2D eigenvalue weighted by Crippen LogP contribution is 2.18. The summed E-state index contributed by atoms with van der Waals surface area (Å²) in [6.45, 7) is 4.13. The maximum absolute atomic E-state index is 9.39. The van der Waals surface area contributed by atoms with Crippen LogP contribution in [0, 0.1) is 5.92 Å². The van der Waals surface area contributed by atoms with E-state index in [0.717, 1.165) is 13.0 Å². The third-order valence-corrected chi connectivity index (χ3v) is 2.69. The fourth-order valence-corrected chi connectivity index (χ4v) is 1.82. The highest BCUT2D eigenvalue weighted by atomic mass is 16.3. The highest BCUT2D eigenvalue weighted by Gasteiger charge is 2.24. The lowest BCUT2D eigenvalue weighted by Crippen LogP contribution is -2.51. The van der Waals surface area contributed by atoms with Crippen molar-refractivity contribution < 1.29 is 5.11 Å². The summed E-state index contributed by atoms with van der Waals surface area (Å²) in [6, 6.07) is 0. The Balaban J connectivity index is 2.37. The molecule has 78 valence electrons. The van der Waals surface area contributed by atoms with Crippen LogP contribution in [-0.4, -0.2) is 41.9 Å². The lowest BCUT2D eigenvalue weighted by molar-refractivity contribution is 0.0566. The molecular formula is C9H21N3O. The molecule has 1 saturated heterocycles. The molecule has 0 saturated carbocycles. The van der Waals surface area contributed by atoms with Crippen molar-refractivity contribution in [3.05, 3.63) is 0 Å². The number of nitrogens with two attached hydrogens (primary N) is 2. The van der Waals surface area contributed by atoms with Crippen LogP contribution in [0.4, 0.5) is 0 Å².